The molecule has 3 aromatic carbocycles. The van der Waals surface area contributed by atoms with E-state index in [1.807, 2.05) is 6.07 Å². The zero-order chi connectivity index (χ0) is 28.4. The van der Waals surface area contributed by atoms with Crippen LogP contribution in [0.5, 0.6) is 0 Å². The summed E-state index contributed by atoms with van der Waals surface area (Å²) in [5, 5.41) is 24.1. The third-order valence-electron chi connectivity index (χ3n) is 7.88. The third-order valence-corrected chi connectivity index (χ3v) is 8.44. The van der Waals surface area contributed by atoms with Gasteiger partial charge < -0.3 is 20.4 Å². The minimum atomic E-state index is -1.01. The smallest absolute Gasteiger partial charge is 0.335 e. The van der Waals surface area contributed by atoms with E-state index >= 15 is 0 Å². The fraction of sp³-hybridized carbons (Fsp3) is 0.323. The molecule has 9 heteroatoms. The van der Waals surface area contributed by atoms with E-state index in [2.05, 4.69) is 5.32 Å². The third kappa shape index (κ3) is 5.59. The molecule has 3 N–H and O–H groups in total. The van der Waals surface area contributed by atoms with Gasteiger partial charge in [-0.1, -0.05) is 72.4 Å². The van der Waals surface area contributed by atoms with Gasteiger partial charge in [0.2, 0.25) is 5.91 Å². The van der Waals surface area contributed by atoms with Crippen molar-refractivity contribution in [1.29, 1.82) is 0 Å². The van der Waals surface area contributed by atoms with Crippen molar-refractivity contribution in [2.75, 3.05) is 6.54 Å². The zero-order valence-corrected chi connectivity index (χ0v) is 23.2. The molecule has 1 aliphatic heterocycles. The summed E-state index contributed by atoms with van der Waals surface area (Å²) in [7, 11) is 0. The summed E-state index contributed by atoms with van der Waals surface area (Å²) in [5.41, 5.74) is 2.57. The van der Waals surface area contributed by atoms with Crippen LogP contribution in [-0.4, -0.2) is 51.6 Å². The van der Waals surface area contributed by atoms with Crippen LogP contribution in [0, 0.1) is 0 Å². The molecule has 0 unspecified atom stereocenters. The van der Waals surface area contributed by atoms with E-state index in [0.717, 1.165) is 18.4 Å². The highest BCUT2D eigenvalue weighted by molar-refractivity contribution is 6.35. The summed E-state index contributed by atoms with van der Waals surface area (Å²) in [6.45, 7) is 0.266. The molecule has 1 heterocycles. The molecule has 2 aliphatic rings. The Kier molecular flexibility index (Phi) is 8.45. The Morgan fingerprint density at radius 2 is 1.73 bits per heavy atom. The van der Waals surface area contributed by atoms with E-state index < -0.39 is 30.1 Å². The number of aromatic carboxylic acids is 1. The monoisotopic (exact) mass is 580 g/mol. The molecule has 0 radical (unpaired) electrons. The van der Waals surface area contributed by atoms with Crippen LogP contribution in [0.4, 0.5) is 0 Å². The summed E-state index contributed by atoms with van der Waals surface area (Å²) in [4.78, 5) is 41.1. The molecular formula is C31H30Cl2N2O5. The zero-order valence-electron chi connectivity index (χ0n) is 21.7. The van der Waals surface area contributed by atoms with Crippen molar-refractivity contribution in [3.05, 3.63) is 105 Å². The van der Waals surface area contributed by atoms with Crippen molar-refractivity contribution in [2.45, 2.75) is 56.2 Å². The molecule has 0 spiro atoms. The second kappa shape index (κ2) is 12.0. The first kappa shape index (κ1) is 28.1. The molecule has 2 amide bonds. The van der Waals surface area contributed by atoms with Crippen LogP contribution in [0.15, 0.2) is 66.7 Å². The van der Waals surface area contributed by atoms with Crippen LogP contribution in [0.2, 0.25) is 10.0 Å². The average molecular weight is 581 g/mol. The maximum Gasteiger partial charge on any atom is 0.335 e. The SMILES string of the molecule is O=C(O)c1cccc(CCNC(=O)[C@@H]2c3ccccc3C(=O)N([C@H]3CCCC[C@@H]3O)[C@H]2c2ccc(Cl)cc2Cl)c1. The molecule has 4 atom stereocenters. The maximum absolute atomic E-state index is 14.0. The van der Waals surface area contributed by atoms with E-state index in [4.69, 9.17) is 23.2 Å². The van der Waals surface area contributed by atoms with Gasteiger partial charge in [0, 0.05) is 22.2 Å². The number of rotatable bonds is 7. The van der Waals surface area contributed by atoms with Gasteiger partial charge in [-0.3, -0.25) is 9.59 Å². The number of benzene rings is 3. The summed E-state index contributed by atoms with van der Waals surface area (Å²) < 4.78 is 0. The van der Waals surface area contributed by atoms with Crippen LogP contribution in [0.1, 0.15) is 75.0 Å². The van der Waals surface area contributed by atoms with Crippen LogP contribution in [-0.2, 0) is 11.2 Å². The highest BCUT2D eigenvalue weighted by Gasteiger charge is 2.48. The predicted molar refractivity (Wildman–Crippen MR) is 153 cm³/mol. The normalized spacial score (nSPS) is 22.5. The van der Waals surface area contributed by atoms with Crippen LogP contribution in [0.3, 0.4) is 0 Å². The van der Waals surface area contributed by atoms with E-state index in [9.17, 15) is 24.6 Å². The number of hydrogen-bond donors (Lipinski definition) is 3. The summed E-state index contributed by atoms with van der Waals surface area (Å²) >= 11 is 12.9. The second-order valence-corrected chi connectivity index (χ2v) is 11.2. The molecule has 3 aromatic rings. The quantitative estimate of drug-likeness (QED) is 0.335. The first-order chi connectivity index (χ1) is 19.3. The van der Waals surface area contributed by atoms with Gasteiger partial charge in [0.15, 0.2) is 0 Å². The highest BCUT2D eigenvalue weighted by Crippen LogP contribution is 2.47. The van der Waals surface area contributed by atoms with E-state index in [0.29, 0.717) is 46.0 Å². The fourth-order valence-electron chi connectivity index (χ4n) is 5.99. The molecule has 208 valence electrons. The van der Waals surface area contributed by atoms with Gasteiger partial charge in [-0.05, 0) is 66.3 Å². The van der Waals surface area contributed by atoms with Gasteiger partial charge in [-0.15, -0.1) is 0 Å². The first-order valence-electron chi connectivity index (χ1n) is 13.4. The van der Waals surface area contributed by atoms with Gasteiger partial charge in [0.05, 0.1) is 29.7 Å². The predicted octanol–water partition coefficient (Wildman–Crippen LogP) is 5.63. The number of halogens is 2. The molecular weight excluding hydrogens is 551 g/mol. The van der Waals surface area contributed by atoms with Crippen molar-refractivity contribution < 1.29 is 24.6 Å². The molecule has 5 rings (SSSR count). The molecule has 0 bridgehead atoms. The summed E-state index contributed by atoms with van der Waals surface area (Å²) in [6.07, 6.45) is 2.63. The molecule has 0 aromatic heterocycles. The number of carbonyl (C=O) groups excluding carboxylic acids is 2. The van der Waals surface area contributed by atoms with Gasteiger partial charge in [-0.25, -0.2) is 4.79 Å². The van der Waals surface area contributed by atoms with Gasteiger partial charge in [0.1, 0.15) is 0 Å². The number of aliphatic hydroxyl groups is 1. The number of carbonyl (C=O) groups is 3. The topological polar surface area (TPSA) is 107 Å². The van der Waals surface area contributed by atoms with Gasteiger partial charge in [0.25, 0.3) is 5.91 Å². The molecule has 1 aliphatic carbocycles. The number of fused-ring (bicyclic) bond motifs is 1. The lowest BCUT2D eigenvalue weighted by molar-refractivity contribution is -0.125. The minimum absolute atomic E-state index is 0.183. The van der Waals surface area contributed by atoms with Crippen LogP contribution < -0.4 is 5.32 Å². The summed E-state index contributed by atoms with van der Waals surface area (Å²) in [5.74, 6) is -2.35. The largest absolute Gasteiger partial charge is 0.478 e. The van der Waals surface area contributed by atoms with Crippen molar-refractivity contribution in [1.82, 2.24) is 10.2 Å². The van der Waals surface area contributed by atoms with Crippen molar-refractivity contribution >= 4 is 41.0 Å². The number of hydrogen-bond acceptors (Lipinski definition) is 4. The Balaban J connectivity index is 1.53. The van der Waals surface area contributed by atoms with Crippen LogP contribution >= 0.6 is 23.2 Å². The van der Waals surface area contributed by atoms with Gasteiger partial charge >= 0.3 is 5.97 Å². The Hall–Kier alpha value is -3.39. The Morgan fingerprint density at radius 3 is 2.48 bits per heavy atom. The van der Waals surface area contributed by atoms with Gasteiger partial charge in [-0.2, -0.15) is 0 Å². The lowest BCUT2D eigenvalue weighted by Gasteiger charge is -2.48. The van der Waals surface area contributed by atoms with E-state index in [-0.39, 0.29) is 23.9 Å². The number of carboxylic acids is 1. The van der Waals surface area contributed by atoms with Crippen molar-refractivity contribution in [3.63, 3.8) is 0 Å². The molecule has 0 saturated heterocycles. The molecule has 1 fully saturated rings. The summed E-state index contributed by atoms with van der Waals surface area (Å²) in [6, 6.07) is 17.5. The van der Waals surface area contributed by atoms with E-state index in [1.54, 1.807) is 59.5 Å². The Morgan fingerprint density at radius 1 is 0.950 bits per heavy atom. The first-order valence-corrected chi connectivity index (χ1v) is 14.2. The average Bonchev–Trinajstić information content (AvgIpc) is 2.94. The van der Waals surface area contributed by atoms with Crippen LogP contribution in [0.25, 0.3) is 0 Å². The Labute approximate surface area is 242 Å². The molecule has 1 saturated carbocycles. The van der Waals surface area contributed by atoms with E-state index in [1.165, 1.54) is 6.07 Å². The number of nitrogens with zero attached hydrogens (tertiary/aromatic N) is 1. The standard InChI is InChI=1S/C31H30Cl2N2O5/c32-20-12-13-23(24(33)17-20)28-27(29(37)34-15-14-18-6-5-7-19(16-18)31(39)40)21-8-1-2-9-22(21)30(38)35(28)25-10-3-4-11-26(25)36/h1-2,5-9,12-13,16-17,25-28,36H,3-4,10-11,14-15H2,(H,34,37)(H,39,40)/t25-,26-,27+,28-/m0/s1. The van der Waals surface area contributed by atoms with Crippen molar-refractivity contribution in [2.24, 2.45) is 0 Å². The lowest BCUT2D eigenvalue weighted by atomic mass is 9.76. The number of nitrogens with one attached hydrogen (secondary N) is 1. The van der Waals surface area contributed by atoms with Crippen molar-refractivity contribution in [3.8, 4) is 0 Å². The highest BCUT2D eigenvalue weighted by atomic mass is 35.5. The molecule has 7 nitrogen and oxygen atoms in total. The molecule has 40 heavy (non-hydrogen) atoms. The fourth-order valence-corrected chi connectivity index (χ4v) is 6.51. The maximum atomic E-state index is 14.0. The number of carboxylic acid groups (broad SMARTS) is 1. The lowest BCUT2D eigenvalue weighted by Crippen LogP contribution is -2.55. The number of amides is 2. The minimum Gasteiger partial charge on any atom is -0.478 e. The Bertz CT molecular complexity index is 1440. The second-order valence-electron chi connectivity index (χ2n) is 10.4. The number of aliphatic hydroxyl groups excluding tert-OH is 1.